The van der Waals surface area contributed by atoms with E-state index in [1.165, 1.54) is 42.2 Å². The number of likely N-dealkylation sites (tertiary alicyclic amines) is 1. The zero-order valence-electron chi connectivity index (χ0n) is 16.6. The Balaban J connectivity index is 1.77. The van der Waals surface area contributed by atoms with Crippen molar-refractivity contribution in [1.82, 2.24) is 10.2 Å². The molecule has 1 fully saturated rings. The fourth-order valence-electron chi connectivity index (χ4n) is 3.74. The van der Waals surface area contributed by atoms with Gasteiger partial charge in [0.05, 0.1) is 11.0 Å². The summed E-state index contributed by atoms with van der Waals surface area (Å²) >= 11 is 5.85. The fraction of sp³-hybridized carbons (Fsp3) is 0.409. The Labute approximate surface area is 176 Å². The summed E-state index contributed by atoms with van der Waals surface area (Å²) in [5, 5.41) is 14.1. The minimum atomic E-state index is -0.578. The number of benzene rings is 2. The SMILES string of the molecule is Cc1ccc([C@H](CNC(=O)c2ccc(Cl)c([N+](=O)[O-])c2)N2CCCCCC2)cc1. The molecule has 154 valence electrons. The van der Waals surface area contributed by atoms with E-state index in [0.717, 1.165) is 25.9 Å². The maximum atomic E-state index is 12.7. The number of carbonyl (C=O) groups excluding carboxylic acids is 1. The number of nitro groups is 1. The Morgan fingerprint density at radius 3 is 2.41 bits per heavy atom. The first-order valence-electron chi connectivity index (χ1n) is 9.98. The number of hydrogen-bond donors (Lipinski definition) is 1. The van der Waals surface area contributed by atoms with Crippen molar-refractivity contribution in [3.05, 3.63) is 74.3 Å². The van der Waals surface area contributed by atoms with E-state index in [0.29, 0.717) is 6.54 Å². The van der Waals surface area contributed by atoms with Gasteiger partial charge in [-0.15, -0.1) is 0 Å². The van der Waals surface area contributed by atoms with E-state index in [4.69, 9.17) is 11.6 Å². The van der Waals surface area contributed by atoms with Crippen LogP contribution in [0.5, 0.6) is 0 Å². The summed E-state index contributed by atoms with van der Waals surface area (Å²) in [5.74, 6) is -0.336. The van der Waals surface area contributed by atoms with Gasteiger partial charge in [-0.25, -0.2) is 0 Å². The van der Waals surface area contributed by atoms with Gasteiger partial charge in [0.2, 0.25) is 0 Å². The third-order valence-corrected chi connectivity index (χ3v) is 5.72. The minimum absolute atomic E-state index is 0.0219. The highest BCUT2D eigenvalue weighted by molar-refractivity contribution is 6.32. The molecule has 3 rings (SSSR count). The van der Waals surface area contributed by atoms with Crippen LogP contribution in [0.25, 0.3) is 0 Å². The molecule has 2 aromatic rings. The van der Waals surface area contributed by atoms with Gasteiger partial charge in [-0.2, -0.15) is 0 Å². The molecular weight excluding hydrogens is 390 g/mol. The van der Waals surface area contributed by atoms with Gasteiger partial charge in [-0.1, -0.05) is 54.3 Å². The Kier molecular flexibility index (Phi) is 7.23. The molecule has 1 N–H and O–H groups in total. The van der Waals surface area contributed by atoms with Crippen molar-refractivity contribution in [2.75, 3.05) is 19.6 Å². The van der Waals surface area contributed by atoms with Crippen LogP contribution in [0.4, 0.5) is 5.69 Å². The van der Waals surface area contributed by atoms with Gasteiger partial charge in [-0.3, -0.25) is 19.8 Å². The van der Waals surface area contributed by atoms with Crippen molar-refractivity contribution in [3.63, 3.8) is 0 Å². The van der Waals surface area contributed by atoms with Crippen molar-refractivity contribution in [3.8, 4) is 0 Å². The molecule has 1 aliphatic rings. The van der Waals surface area contributed by atoms with Crippen LogP contribution in [0, 0.1) is 17.0 Å². The van der Waals surface area contributed by atoms with Crippen molar-refractivity contribution in [2.24, 2.45) is 0 Å². The van der Waals surface area contributed by atoms with Crippen LogP contribution in [-0.4, -0.2) is 35.4 Å². The highest BCUT2D eigenvalue weighted by Crippen LogP contribution is 2.26. The van der Waals surface area contributed by atoms with Crippen LogP contribution in [0.15, 0.2) is 42.5 Å². The molecule has 0 unspecified atom stereocenters. The van der Waals surface area contributed by atoms with Crippen LogP contribution < -0.4 is 5.32 Å². The molecule has 7 heteroatoms. The Morgan fingerprint density at radius 2 is 1.79 bits per heavy atom. The van der Waals surface area contributed by atoms with E-state index in [-0.39, 0.29) is 28.2 Å². The molecule has 6 nitrogen and oxygen atoms in total. The van der Waals surface area contributed by atoms with Crippen molar-refractivity contribution >= 4 is 23.2 Å². The molecule has 0 radical (unpaired) electrons. The van der Waals surface area contributed by atoms with Crippen LogP contribution in [0.1, 0.15) is 53.2 Å². The van der Waals surface area contributed by atoms with Gasteiger partial charge in [-0.05, 0) is 50.6 Å². The lowest BCUT2D eigenvalue weighted by Crippen LogP contribution is -2.38. The second kappa shape index (κ2) is 9.85. The summed E-state index contributed by atoms with van der Waals surface area (Å²) in [6.45, 7) is 4.50. The van der Waals surface area contributed by atoms with Gasteiger partial charge < -0.3 is 5.32 Å². The highest BCUT2D eigenvalue weighted by Gasteiger charge is 2.23. The number of aryl methyl sites for hydroxylation is 1. The van der Waals surface area contributed by atoms with Gasteiger partial charge in [0.1, 0.15) is 5.02 Å². The number of halogens is 1. The summed E-state index contributed by atoms with van der Waals surface area (Å²) in [4.78, 5) is 25.6. The summed E-state index contributed by atoms with van der Waals surface area (Å²) in [6, 6.07) is 12.6. The number of nitrogens with one attached hydrogen (secondary N) is 1. The maximum Gasteiger partial charge on any atom is 0.288 e. The second-order valence-electron chi connectivity index (χ2n) is 7.51. The van der Waals surface area contributed by atoms with E-state index in [1.807, 2.05) is 0 Å². The van der Waals surface area contributed by atoms with Crippen molar-refractivity contribution in [2.45, 2.75) is 38.6 Å². The Morgan fingerprint density at radius 1 is 1.14 bits per heavy atom. The monoisotopic (exact) mass is 415 g/mol. The second-order valence-corrected chi connectivity index (χ2v) is 7.92. The predicted molar refractivity (Wildman–Crippen MR) is 114 cm³/mol. The topological polar surface area (TPSA) is 75.5 Å². The minimum Gasteiger partial charge on any atom is -0.350 e. The Bertz CT molecular complexity index is 862. The lowest BCUT2D eigenvalue weighted by molar-refractivity contribution is -0.384. The van der Waals surface area contributed by atoms with Gasteiger partial charge in [0, 0.05) is 18.2 Å². The summed E-state index contributed by atoms with van der Waals surface area (Å²) in [7, 11) is 0. The summed E-state index contributed by atoms with van der Waals surface area (Å²) in [6.07, 6.45) is 4.77. The molecule has 1 aliphatic heterocycles. The number of carbonyl (C=O) groups is 1. The number of hydrogen-bond acceptors (Lipinski definition) is 4. The van der Waals surface area contributed by atoms with Crippen molar-refractivity contribution < 1.29 is 9.72 Å². The predicted octanol–water partition coefficient (Wildman–Crippen LogP) is 4.90. The zero-order valence-corrected chi connectivity index (χ0v) is 17.3. The van der Waals surface area contributed by atoms with Crippen LogP contribution in [0.3, 0.4) is 0 Å². The first kappa shape index (κ1) is 21.3. The lowest BCUT2D eigenvalue weighted by atomic mass is 10.0. The molecule has 0 aromatic heterocycles. The van der Waals surface area contributed by atoms with Crippen LogP contribution in [0.2, 0.25) is 5.02 Å². The molecule has 0 saturated carbocycles. The third-order valence-electron chi connectivity index (χ3n) is 5.40. The highest BCUT2D eigenvalue weighted by atomic mass is 35.5. The fourth-order valence-corrected chi connectivity index (χ4v) is 3.92. The van der Waals surface area contributed by atoms with Crippen LogP contribution >= 0.6 is 11.6 Å². The van der Waals surface area contributed by atoms with Crippen molar-refractivity contribution in [1.29, 1.82) is 0 Å². The average molecular weight is 416 g/mol. The zero-order chi connectivity index (χ0) is 20.8. The molecule has 29 heavy (non-hydrogen) atoms. The van der Waals surface area contributed by atoms with E-state index in [1.54, 1.807) is 0 Å². The maximum absolute atomic E-state index is 12.7. The molecule has 0 spiro atoms. The molecule has 1 amide bonds. The molecule has 1 atom stereocenters. The summed E-state index contributed by atoms with van der Waals surface area (Å²) in [5.41, 5.74) is 2.34. The van der Waals surface area contributed by atoms with Crippen LogP contribution in [-0.2, 0) is 0 Å². The molecule has 2 aromatic carbocycles. The molecule has 0 bridgehead atoms. The average Bonchev–Trinajstić information content (AvgIpc) is 2.99. The quantitative estimate of drug-likeness (QED) is 0.537. The first-order chi connectivity index (χ1) is 14.0. The lowest BCUT2D eigenvalue weighted by Gasteiger charge is -2.31. The molecule has 0 aliphatic carbocycles. The molecular formula is C22H26ClN3O3. The van der Waals surface area contributed by atoms with Gasteiger partial charge >= 0.3 is 0 Å². The summed E-state index contributed by atoms with van der Waals surface area (Å²) < 4.78 is 0. The molecule has 1 saturated heterocycles. The van der Waals surface area contributed by atoms with E-state index in [9.17, 15) is 14.9 Å². The van der Waals surface area contributed by atoms with Gasteiger partial charge in [0.15, 0.2) is 0 Å². The van der Waals surface area contributed by atoms with E-state index < -0.39 is 4.92 Å². The number of nitrogens with zero attached hydrogens (tertiary/aromatic N) is 2. The standard InChI is InChI=1S/C22H26ClN3O3/c1-16-6-8-17(9-7-16)21(25-12-4-2-3-5-13-25)15-24-22(27)18-10-11-19(23)20(14-18)26(28)29/h6-11,14,21H,2-5,12-13,15H2,1H3,(H,24,27)/t21-/m0/s1. The van der Waals surface area contributed by atoms with E-state index in [2.05, 4.69) is 41.4 Å². The van der Waals surface area contributed by atoms with E-state index >= 15 is 0 Å². The number of amides is 1. The first-order valence-corrected chi connectivity index (χ1v) is 10.4. The normalized spacial score (nSPS) is 16.1. The third kappa shape index (κ3) is 5.55. The molecule has 1 heterocycles. The number of nitro benzene ring substituents is 1. The largest absolute Gasteiger partial charge is 0.350 e. The smallest absolute Gasteiger partial charge is 0.288 e. The van der Waals surface area contributed by atoms with Gasteiger partial charge in [0.25, 0.3) is 11.6 Å². The Hall–Kier alpha value is -2.44. The number of rotatable bonds is 6.